The summed E-state index contributed by atoms with van der Waals surface area (Å²) in [6, 6.07) is 3.34. The fraction of sp³-hybridized carbons (Fsp3) is 0.759. The van der Waals surface area contributed by atoms with E-state index in [2.05, 4.69) is 13.8 Å². The number of fused-ring (bicyclic) bond motifs is 5. The largest absolute Gasteiger partial charge is 0.462 e. The zero-order valence-corrected chi connectivity index (χ0v) is 22.7. The zero-order valence-electron chi connectivity index (χ0n) is 22.7. The standard InChI is InChI=1S/C29H41NO7/c1-17(31)37-23-15-29(34)22-8-7-19-14-20(30(4)26(33)35-5)10-12-27(19,2)21(22)11-13-28(29,3)25(23)18-6-9-24(32)36-16-18/h6,9,16,19-23,25,34H,7-8,10-15H2,1-5H3. The van der Waals surface area contributed by atoms with Crippen molar-refractivity contribution in [2.24, 2.45) is 28.6 Å². The minimum Gasteiger partial charge on any atom is -0.462 e. The number of carbonyl (C=O) groups is 2. The van der Waals surface area contributed by atoms with Crippen molar-refractivity contribution in [1.29, 1.82) is 0 Å². The third kappa shape index (κ3) is 3.93. The highest BCUT2D eigenvalue weighted by atomic mass is 16.5. The predicted octanol–water partition coefficient (Wildman–Crippen LogP) is 4.49. The lowest BCUT2D eigenvalue weighted by Gasteiger charge is -2.63. The minimum atomic E-state index is -0.996. The maximum atomic E-state index is 12.6. The number of amides is 1. The van der Waals surface area contributed by atoms with Crippen LogP contribution in [0.25, 0.3) is 0 Å². The molecule has 1 aromatic heterocycles. The molecule has 204 valence electrons. The van der Waals surface area contributed by atoms with Gasteiger partial charge >= 0.3 is 17.7 Å². The maximum Gasteiger partial charge on any atom is 0.409 e. The normalized spacial score (nSPS) is 42.6. The number of ether oxygens (including phenoxy) is 2. The van der Waals surface area contributed by atoms with Crippen molar-refractivity contribution >= 4 is 12.1 Å². The van der Waals surface area contributed by atoms with Crippen LogP contribution >= 0.6 is 0 Å². The quantitative estimate of drug-likeness (QED) is 0.591. The Bertz CT molecular complexity index is 1100. The van der Waals surface area contributed by atoms with Crippen molar-refractivity contribution in [2.45, 2.75) is 95.8 Å². The lowest BCUT2D eigenvalue weighted by Crippen LogP contribution is -2.62. The van der Waals surface area contributed by atoms with Crippen molar-refractivity contribution in [3.8, 4) is 0 Å². The van der Waals surface area contributed by atoms with Crippen molar-refractivity contribution in [1.82, 2.24) is 4.90 Å². The van der Waals surface area contributed by atoms with Crippen molar-refractivity contribution in [3.63, 3.8) is 0 Å². The Morgan fingerprint density at radius 1 is 1.11 bits per heavy atom. The number of hydrogen-bond acceptors (Lipinski definition) is 7. The Labute approximate surface area is 218 Å². The van der Waals surface area contributed by atoms with E-state index in [-0.39, 0.29) is 35.4 Å². The number of nitrogens with zero attached hydrogens (tertiary/aromatic N) is 1. The number of rotatable bonds is 3. The van der Waals surface area contributed by atoms with Gasteiger partial charge in [-0.05, 0) is 79.7 Å². The fourth-order valence-corrected chi connectivity index (χ4v) is 9.31. The van der Waals surface area contributed by atoms with Crippen molar-refractivity contribution < 1.29 is 28.6 Å². The van der Waals surface area contributed by atoms with Crippen LogP contribution in [-0.2, 0) is 14.3 Å². The molecule has 1 N–H and O–H groups in total. The van der Waals surface area contributed by atoms with Crippen LogP contribution in [0.2, 0.25) is 0 Å². The number of carbonyl (C=O) groups excluding carboxylic acids is 2. The summed E-state index contributed by atoms with van der Waals surface area (Å²) in [7, 11) is 3.26. The molecule has 0 aromatic carbocycles. The summed E-state index contributed by atoms with van der Waals surface area (Å²) in [6.07, 6.45) is 7.73. The van der Waals surface area contributed by atoms with E-state index in [1.807, 2.05) is 7.05 Å². The van der Waals surface area contributed by atoms with E-state index < -0.39 is 22.7 Å². The number of aliphatic hydroxyl groups is 1. The average molecular weight is 516 g/mol. The summed E-state index contributed by atoms with van der Waals surface area (Å²) in [6.45, 7) is 5.95. The SMILES string of the molecule is COC(=O)N(C)C1CCC2(C)C(CCC3C2CCC2(C)C(c4ccc(=O)oc4)C(OC(C)=O)CC32O)C1. The Balaban J connectivity index is 1.46. The second-order valence-electron chi connectivity index (χ2n) is 12.6. The smallest absolute Gasteiger partial charge is 0.409 e. The highest BCUT2D eigenvalue weighted by Crippen LogP contribution is 2.71. The summed E-state index contributed by atoms with van der Waals surface area (Å²) in [5, 5.41) is 12.6. The van der Waals surface area contributed by atoms with Gasteiger partial charge in [0.15, 0.2) is 0 Å². The Hall–Kier alpha value is -2.35. The molecule has 0 bridgehead atoms. The first-order valence-electron chi connectivity index (χ1n) is 13.7. The molecule has 0 saturated heterocycles. The van der Waals surface area contributed by atoms with Gasteiger partial charge in [0.1, 0.15) is 6.10 Å². The van der Waals surface area contributed by atoms with E-state index in [1.165, 1.54) is 26.4 Å². The Morgan fingerprint density at radius 3 is 2.51 bits per heavy atom. The van der Waals surface area contributed by atoms with E-state index in [4.69, 9.17) is 13.9 Å². The Morgan fingerprint density at radius 2 is 1.86 bits per heavy atom. The van der Waals surface area contributed by atoms with Gasteiger partial charge in [-0.1, -0.05) is 13.8 Å². The lowest BCUT2D eigenvalue weighted by molar-refractivity contribution is -0.203. The van der Waals surface area contributed by atoms with Gasteiger partial charge in [-0.25, -0.2) is 9.59 Å². The lowest BCUT2D eigenvalue weighted by atomic mass is 9.43. The van der Waals surface area contributed by atoms with E-state index in [0.717, 1.165) is 50.5 Å². The number of methoxy groups -OCH3 is 1. The maximum absolute atomic E-state index is 12.6. The minimum absolute atomic E-state index is 0.0853. The fourth-order valence-electron chi connectivity index (χ4n) is 9.31. The first-order chi connectivity index (χ1) is 17.4. The second kappa shape index (κ2) is 9.14. The third-order valence-electron chi connectivity index (χ3n) is 11.2. The van der Waals surface area contributed by atoms with Crippen LogP contribution < -0.4 is 5.63 Å². The van der Waals surface area contributed by atoms with Gasteiger partial charge in [0.2, 0.25) is 0 Å². The van der Waals surface area contributed by atoms with Crippen molar-refractivity contribution in [3.05, 3.63) is 34.4 Å². The molecule has 4 fully saturated rings. The topological polar surface area (TPSA) is 106 Å². The monoisotopic (exact) mass is 515 g/mol. The van der Waals surface area contributed by atoms with Gasteiger partial charge in [0.25, 0.3) is 0 Å². The molecule has 5 rings (SSSR count). The van der Waals surface area contributed by atoms with Gasteiger partial charge in [0.05, 0.1) is 19.0 Å². The molecule has 4 aliphatic carbocycles. The van der Waals surface area contributed by atoms with E-state index in [0.29, 0.717) is 18.3 Å². The zero-order chi connectivity index (χ0) is 26.8. The molecule has 37 heavy (non-hydrogen) atoms. The van der Waals surface area contributed by atoms with Crippen LogP contribution in [0.1, 0.15) is 83.6 Å². The van der Waals surface area contributed by atoms with Crippen LogP contribution in [0.4, 0.5) is 4.79 Å². The van der Waals surface area contributed by atoms with Crippen molar-refractivity contribution in [2.75, 3.05) is 14.2 Å². The molecule has 8 heteroatoms. The molecule has 0 spiro atoms. The van der Waals surface area contributed by atoms with E-state index in [1.54, 1.807) is 11.0 Å². The first kappa shape index (κ1) is 26.3. The van der Waals surface area contributed by atoms with Gasteiger partial charge in [-0.2, -0.15) is 0 Å². The van der Waals surface area contributed by atoms with E-state index >= 15 is 0 Å². The van der Waals surface area contributed by atoms with Crippen LogP contribution in [0.15, 0.2) is 27.6 Å². The number of hydrogen-bond donors (Lipinski definition) is 1. The van der Waals surface area contributed by atoms with Gasteiger partial charge < -0.3 is 23.9 Å². The molecule has 1 heterocycles. The highest BCUT2D eigenvalue weighted by Gasteiger charge is 2.70. The van der Waals surface area contributed by atoms with Crippen LogP contribution in [0, 0.1) is 28.6 Å². The molecule has 1 amide bonds. The predicted molar refractivity (Wildman–Crippen MR) is 136 cm³/mol. The van der Waals surface area contributed by atoms with Gasteiger partial charge in [0, 0.05) is 43.8 Å². The molecule has 4 aliphatic rings. The molecule has 4 saturated carbocycles. The molecule has 0 radical (unpaired) electrons. The second-order valence-corrected chi connectivity index (χ2v) is 12.6. The molecular formula is C29H41NO7. The van der Waals surface area contributed by atoms with Crippen LogP contribution in [-0.4, -0.2) is 54.0 Å². The Kier molecular flexibility index (Phi) is 6.49. The third-order valence-corrected chi connectivity index (χ3v) is 11.2. The molecule has 8 nitrogen and oxygen atoms in total. The molecule has 1 aromatic rings. The summed E-state index contributed by atoms with van der Waals surface area (Å²) in [5.41, 5.74) is -1.05. The summed E-state index contributed by atoms with van der Waals surface area (Å²) in [5.74, 6) is 0.331. The van der Waals surface area contributed by atoms with Crippen LogP contribution in [0.3, 0.4) is 0 Å². The first-order valence-corrected chi connectivity index (χ1v) is 13.7. The van der Waals surface area contributed by atoms with Gasteiger partial charge in [-0.3, -0.25) is 4.79 Å². The van der Waals surface area contributed by atoms with Crippen LogP contribution in [0.5, 0.6) is 0 Å². The van der Waals surface area contributed by atoms with Gasteiger partial charge in [-0.15, -0.1) is 0 Å². The highest BCUT2D eigenvalue weighted by molar-refractivity contribution is 5.67. The van der Waals surface area contributed by atoms with E-state index in [9.17, 15) is 19.5 Å². The molecule has 9 unspecified atom stereocenters. The summed E-state index contributed by atoms with van der Waals surface area (Å²) in [4.78, 5) is 37.7. The molecule has 9 atom stereocenters. The average Bonchev–Trinajstić information content (AvgIpc) is 3.09. The summed E-state index contributed by atoms with van der Waals surface area (Å²) >= 11 is 0. The number of esters is 1. The molecule has 0 aliphatic heterocycles. The summed E-state index contributed by atoms with van der Waals surface area (Å²) < 4.78 is 16.0. The molecular weight excluding hydrogens is 474 g/mol.